The molecule has 0 aromatic carbocycles. The van der Waals surface area contributed by atoms with Crippen LogP contribution in [-0.2, 0) is 9.22 Å². The Balaban J connectivity index is 4.20. The number of unbranched alkanes of at least 4 members (excludes halogenated alkanes) is 21. The molecule has 0 saturated carbocycles. The lowest BCUT2D eigenvalue weighted by Gasteiger charge is -2.23. The van der Waals surface area contributed by atoms with Gasteiger partial charge in [0.05, 0.1) is 27.5 Å². The van der Waals surface area contributed by atoms with Gasteiger partial charge in [0, 0.05) is 7.66 Å². The molecule has 0 heterocycles. The molecule has 4 nitrogen and oxygen atoms in total. The number of hydrogen-bond acceptors (Lipinski definition) is 3. The summed E-state index contributed by atoms with van der Waals surface area (Å²) in [5, 5.41) is 13.7. The molecular formula is C32H65BNO3PSi. The Morgan fingerprint density at radius 1 is 0.872 bits per heavy atom. The Morgan fingerprint density at radius 3 is 1.77 bits per heavy atom. The number of carbonyl (C=O) groups excluding carboxylic acids is 1. The van der Waals surface area contributed by atoms with Crippen LogP contribution < -0.4 is 5.32 Å². The van der Waals surface area contributed by atoms with Gasteiger partial charge in [0.2, 0.25) is 5.91 Å². The maximum Gasteiger partial charge on any atom is 0.220 e. The lowest BCUT2D eigenvalue weighted by Crippen LogP contribution is -2.46. The van der Waals surface area contributed by atoms with Crippen molar-refractivity contribution in [1.82, 2.24) is 5.32 Å². The number of aliphatic hydroxyl groups excluding tert-OH is 1. The molecular weight excluding hydrogens is 516 g/mol. The van der Waals surface area contributed by atoms with Crippen LogP contribution in [0.5, 0.6) is 0 Å². The van der Waals surface area contributed by atoms with Gasteiger partial charge in [-0.3, -0.25) is 4.79 Å². The van der Waals surface area contributed by atoms with Gasteiger partial charge in [-0.25, -0.2) is 0 Å². The Kier molecular flexibility index (Phi) is 27.7. The van der Waals surface area contributed by atoms with E-state index in [1.807, 2.05) is 6.08 Å². The maximum absolute atomic E-state index is 12.6. The summed E-state index contributed by atoms with van der Waals surface area (Å²) in [6.07, 6.45) is 32.1. The molecule has 0 fully saturated rings. The first-order valence-electron chi connectivity index (χ1n) is 17.6. The molecule has 0 aliphatic rings. The monoisotopic (exact) mass is 584 g/mol. The maximum atomic E-state index is 12.6. The molecule has 0 aliphatic heterocycles. The Bertz CT molecular complexity index is 619. The Hall–Kier alpha value is -0.158. The molecule has 0 bridgehead atoms. The second-order valence-electron chi connectivity index (χ2n) is 11.4. The molecule has 228 valence electrons. The Labute approximate surface area is 251 Å². The van der Waals surface area contributed by atoms with Crippen molar-refractivity contribution in [3.63, 3.8) is 0 Å². The molecule has 1 amide bonds. The van der Waals surface area contributed by atoms with Crippen molar-refractivity contribution < 1.29 is 14.3 Å². The number of amides is 1. The first-order chi connectivity index (χ1) is 19.9. The highest BCUT2D eigenvalue weighted by atomic mass is 31.3. The molecule has 0 aromatic rings. The van der Waals surface area contributed by atoms with Crippen LogP contribution in [0, 0.1) is 0 Å². The standard InChI is InChI=1S/C32H65BNO3PSi/c1-3-5-7-9-11-13-15-16-18-19-21-23-25-27-31(35)30(29-37-39(33)38)34-32(36)28-26-24-22-20-17-14-12-10-8-6-4-2/h25,27,30-31,35,39H,3-24,26,28-29,38H2,1-2H3,(H,34,36)/b27-25+/t30-,31+,39?/m0/s1/i38T,39D/t30-,31+,38?,39?. The highest BCUT2D eigenvalue weighted by Gasteiger charge is 2.20. The highest BCUT2D eigenvalue weighted by Crippen LogP contribution is 2.14. The molecule has 39 heavy (non-hydrogen) atoms. The number of aliphatic hydroxyl groups is 1. The van der Waals surface area contributed by atoms with Crippen LogP contribution in [0.1, 0.15) is 168 Å². The zero-order chi connectivity index (χ0) is 30.4. The van der Waals surface area contributed by atoms with Gasteiger partial charge in [0.1, 0.15) is 8.51 Å². The van der Waals surface area contributed by atoms with Gasteiger partial charge < -0.3 is 14.8 Å². The van der Waals surface area contributed by atoms with E-state index in [0.717, 1.165) is 32.1 Å². The fraction of sp³-hybridized carbons (Fsp3) is 0.906. The average molecular weight is 585 g/mol. The lowest BCUT2D eigenvalue weighted by atomic mass is 10.0. The molecule has 0 spiro atoms. The van der Waals surface area contributed by atoms with E-state index in [1.165, 1.54) is 116 Å². The SMILES string of the molecule is [2H][Si]([B])(OC[C@H](NC(=O)CCCCCCCCCCCCC)[C@H](O)/C=C/CCCCCCCCCCCCC)P[3H]. The molecule has 2 radical (unpaired) electrons. The minimum atomic E-state index is -3.31. The van der Waals surface area contributed by atoms with Crippen LogP contribution in [0.15, 0.2) is 12.2 Å². The van der Waals surface area contributed by atoms with Crippen molar-refractivity contribution in [2.45, 2.75) is 180 Å². The van der Waals surface area contributed by atoms with E-state index >= 15 is 0 Å². The van der Waals surface area contributed by atoms with Crippen LogP contribution in [0.3, 0.4) is 0 Å². The van der Waals surface area contributed by atoms with Crippen molar-refractivity contribution in [3.05, 3.63) is 12.2 Å². The Morgan fingerprint density at radius 2 is 1.31 bits per heavy atom. The minimum absolute atomic E-state index is 0.0357. The number of hydrogen-bond donors (Lipinski definition) is 2. The van der Waals surface area contributed by atoms with Crippen LogP contribution in [-0.4, -0.2) is 48.2 Å². The summed E-state index contributed by atoms with van der Waals surface area (Å²) in [7, 11) is 1.96. The molecule has 4 atom stereocenters. The number of allylic oxidation sites excluding steroid dienone is 1. The molecule has 0 aliphatic carbocycles. The summed E-state index contributed by atoms with van der Waals surface area (Å²) in [6.45, 7) is 4.47. The predicted octanol–water partition coefficient (Wildman–Crippen LogP) is 8.57. The van der Waals surface area contributed by atoms with Crippen molar-refractivity contribution >= 4 is 30.6 Å². The second kappa shape index (κ2) is 30.8. The number of nitrogens with one attached hydrogen (secondary N) is 1. The molecule has 0 saturated heterocycles. The summed E-state index contributed by atoms with van der Waals surface area (Å²) < 4.78 is 20.9. The van der Waals surface area contributed by atoms with E-state index in [0.29, 0.717) is 6.42 Å². The van der Waals surface area contributed by atoms with Crippen LogP contribution >= 0.6 is 8.73 Å². The van der Waals surface area contributed by atoms with E-state index in [4.69, 9.17) is 14.4 Å². The van der Waals surface area contributed by atoms with Crippen LogP contribution in [0.25, 0.3) is 0 Å². The number of rotatable bonds is 31. The van der Waals surface area contributed by atoms with Gasteiger partial charge in [-0.2, -0.15) is 0 Å². The van der Waals surface area contributed by atoms with Crippen molar-refractivity contribution in [1.29, 1.82) is 2.51 Å². The van der Waals surface area contributed by atoms with Crippen molar-refractivity contribution in [3.8, 4) is 0 Å². The normalized spacial score (nSPS) is 15.9. The van der Waals surface area contributed by atoms with E-state index in [1.54, 1.807) is 6.08 Å². The second-order valence-corrected chi connectivity index (χ2v) is 13.9. The van der Waals surface area contributed by atoms with E-state index in [9.17, 15) is 9.90 Å². The van der Waals surface area contributed by atoms with Gasteiger partial charge in [0.15, 0.2) is 0 Å². The van der Waals surface area contributed by atoms with Crippen molar-refractivity contribution in [2.75, 3.05) is 6.61 Å². The fourth-order valence-corrected chi connectivity index (χ4v) is 5.54. The molecule has 0 aromatic heterocycles. The molecule has 0 rings (SSSR count). The smallest absolute Gasteiger partial charge is 0.220 e. The van der Waals surface area contributed by atoms with Gasteiger partial charge in [-0.1, -0.05) is 154 Å². The largest absolute Gasteiger partial charge is 0.423 e. The predicted molar refractivity (Wildman–Crippen MR) is 178 cm³/mol. The van der Waals surface area contributed by atoms with Gasteiger partial charge >= 0.3 is 0 Å². The summed E-state index contributed by atoms with van der Waals surface area (Å²) in [5.74, 6) is -0.102. The third-order valence-electron chi connectivity index (χ3n) is 7.49. The topological polar surface area (TPSA) is 58.6 Å². The zero-order valence-electron chi connectivity index (χ0n) is 27.8. The molecule has 2 unspecified atom stereocenters. The van der Waals surface area contributed by atoms with Gasteiger partial charge in [-0.15, -0.1) is 8.73 Å². The van der Waals surface area contributed by atoms with Gasteiger partial charge in [0.25, 0.3) is 0 Å². The first kappa shape index (κ1) is 35.0. The molecule has 2 N–H and O–H groups in total. The minimum Gasteiger partial charge on any atom is -0.423 e. The summed E-state index contributed by atoms with van der Waals surface area (Å²) in [6, 6.07) is -0.652. The zero-order valence-corrected chi connectivity index (χ0v) is 27.8. The third-order valence-corrected chi connectivity index (χ3v) is 8.40. The molecule has 7 heteroatoms. The van der Waals surface area contributed by atoms with E-state index in [-0.39, 0.29) is 12.5 Å². The van der Waals surface area contributed by atoms with E-state index in [2.05, 4.69) is 19.2 Å². The lowest BCUT2D eigenvalue weighted by molar-refractivity contribution is -0.122. The van der Waals surface area contributed by atoms with E-state index < -0.39 is 29.4 Å². The third kappa shape index (κ3) is 29.1. The van der Waals surface area contributed by atoms with Crippen molar-refractivity contribution in [2.24, 2.45) is 0 Å². The number of carbonyl (C=O) groups is 1. The average Bonchev–Trinajstić information content (AvgIpc) is 2.96. The quantitative estimate of drug-likeness (QED) is 0.0371. The van der Waals surface area contributed by atoms with Crippen LogP contribution in [0.2, 0.25) is 0 Å². The van der Waals surface area contributed by atoms with Gasteiger partial charge in [-0.05, 0) is 19.3 Å². The highest BCUT2D eigenvalue weighted by molar-refractivity contribution is 7.70. The summed E-state index contributed by atoms with van der Waals surface area (Å²) in [4.78, 5) is 12.6. The van der Waals surface area contributed by atoms with Crippen LogP contribution in [0.4, 0.5) is 0 Å². The summed E-state index contributed by atoms with van der Waals surface area (Å²) in [5.41, 5.74) is 0. The summed E-state index contributed by atoms with van der Waals surface area (Å²) >= 11 is 0. The first-order valence-corrected chi connectivity index (χ1v) is 19.6. The fourth-order valence-electron chi connectivity index (χ4n) is 4.93.